The average Bonchev–Trinajstić information content (AvgIpc) is 2.13. The number of carbonyl (C=O) groups is 1. The standard InChI is InChI=1S/C10H14F6O3/c1-5(2)7(17)19-6(3)4-8(18,9(11,12)13)10(14,15)16/h5-6,18H,4H2,1-3H3. The van der Waals surface area contributed by atoms with E-state index in [1.54, 1.807) is 0 Å². The van der Waals surface area contributed by atoms with Crippen LogP contribution in [0.25, 0.3) is 0 Å². The Morgan fingerprint density at radius 3 is 1.68 bits per heavy atom. The lowest BCUT2D eigenvalue weighted by Gasteiger charge is -2.34. The van der Waals surface area contributed by atoms with E-state index in [1.807, 2.05) is 0 Å². The second-order valence-corrected chi connectivity index (χ2v) is 4.46. The number of alkyl halides is 6. The Morgan fingerprint density at radius 2 is 1.42 bits per heavy atom. The number of esters is 1. The minimum absolute atomic E-state index is 0.702. The number of halogens is 6. The van der Waals surface area contributed by atoms with Gasteiger partial charge in [0, 0.05) is 6.42 Å². The lowest BCUT2D eigenvalue weighted by molar-refractivity contribution is -0.373. The van der Waals surface area contributed by atoms with Crippen LogP contribution in [0.4, 0.5) is 26.3 Å². The van der Waals surface area contributed by atoms with Crippen molar-refractivity contribution in [3.8, 4) is 0 Å². The van der Waals surface area contributed by atoms with Gasteiger partial charge in [-0.15, -0.1) is 0 Å². The van der Waals surface area contributed by atoms with Crippen molar-refractivity contribution in [3.63, 3.8) is 0 Å². The molecule has 0 aromatic carbocycles. The van der Waals surface area contributed by atoms with Crippen LogP contribution in [0, 0.1) is 5.92 Å². The zero-order chi connectivity index (χ0) is 15.6. The Bertz CT molecular complexity index is 306. The van der Waals surface area contributed by atoms with Gasteiger partial charge in [0.1, 0.15) is 6.10 Å². The molecule has 0 rings (SSSR count). The Hall–Kier alpha value is -0.990. The Labute approximate surface area is 105 Å². The summed E-state index contributed by atoms with van der Waals surface area (Å²) in [5.41, 5.74) is -4.91. The molecule has 9 heteroatoms. The molecule has 3 nitrogen and oxygen atoms in total. The summed E-state index contributed by atoms with van der Waals surface area (Å²) in [4.78, 5) is 11.1. The van der Waals surface area contributed by atoms with Crippen LogP contribution in [0.15, 0.2) is 0 Å². The average molecular weight is 296 g/mol. The molecule has 0 aliphatic rings. The second kappa shape index (κ2) is 5.56. The molecule has 0 aliphatic carbocycles. The fourth-order valence-corrected chi connectivity index (χ4v) is 1.18. The van der Waals surface area contributed by atoms with E-state index in [9.17, 15) is 31.1 Å². The minimum Gasteiger partial charge on any atom is -0.462 e. The lowest BCUT2D eigenvalue weighted by Crippen LogP contribution is -2.58. The summed E-state index contributed by atoms with van der Waals surface area (Å²) in [6.07, 6.45) is -15.4. The van der Waals surface area contributed by atoms with Gasteiger partial charge in [-0.1, -0.05) is 13.8 Å². The van der Waals surface area contributed by atoms with Gasteiger partial charge in [-0.05, 0) is 6.92 Å². The van der Waals surface area contributed by atoms with E-state index in [0.717, 1.165) is 6.92 Å². The van der Waals surface area contributed by atoms with Gasteiger partial charge < -0.3 is 9.84 Å². The third-order valence-corrected chi connectivity index (χ3v) is 2.31. The van der Waals surface area contributed by atoms with Gasteiger partial charge in [0.05, 0.1) is 5.92 Å². The molecule has 0 amide bonds. The predicted molar refractivity (Wildman–Crippen MR) is 52.1 cm³/mol. The normalized spacial score (nSPS) is 15.5. The fourth-order valence-electron chi connectivity index (χ4n) is 1.18. The topological polar surface area (TPSA) is 46.5 Å². The predicted octanol–water partition coefficient (Wildman–Crippen LogP) is 2.82. The lowest BCUT2D eigenvalue weighted by atomic mass is 9.95. The third kappa shape index (κ3) is 4.26. The highest BCUT2D eigenvalue weighted by atomic mass is 19.4. The number of hydrogen-bond acceptors (Lipinski definition) is 3. The maximum Gasteiger partial charge on any atom is 0.426 e. The van der Waals surface area contributed by atoms with Crippen molar-refractivity contribution >= 4 is 5.97 Å². The van der Waals surface area contributed by atoms with Crippen molar-refractivity contribution in [1.82, 2.24) is 0 Å². The summed E-state index contributed by atoms with van der Waals surface area (Å²) >= 11 is 0. The van der Waals surface area contributed by atoms with Crippen molar-refractivity contribution < 1.29 is 41.0 Å². The molecule has 0 aromatic heterocycles. The highest BCUT2D eigenvalue weighted by Gasteiger charge is 2.70. The highest BCUT2D eigenvalue weighted by Crippen LogP contribution is 2.46. The number of rotatable bonds is 4. The van der Waals surface area contributed by atoms with E-state index in [1.165, 1.54) is 13.8 Å². The molecular formula is C10H14F6O3. The number of ether oxygens (including phenoxy) is 1. The summed E-state index contributed by atoms with van der Waals surface area (Å²) in [5, 5.41) is 8.86. The Morgan fingerprint density at radius 1 is 1.05 bits per heavy atom. The van der Waals surface area contributed by atoms with E-state index in [2.05, 4.69) is 4.74 Å². The molecule has 114 valence electrons. The van der Waals surface area contributed by atoms with E-state index < -0.39 is 42.4 Å². The largest absolute Gasteiger partial charge is 0.462 e. The van der Waals surface area contributed by atoms with Crippen molar-refractivity contribution in [1.29, 1.82) is 0 Å². The molecule has 0 heterocycles. The van der Waals surface area contributed by atoms with Crippen LogP contribution in [0.2, 0.25) is 0 Å². The molecule has 0 saturated heterocycles. The Kier molecular flexibility index (Phi) is 5.27. The molecule has 0 radical (unpaired) electrons. The maximum atomic E-state index is 12.3. The molecule has 1 atom stereocenters. The molecule has 1 N–H and O–H groups in total. The van der Waals surface area contributed by atoms with E-state index in [-0.39, 0.29) is 0 Å². The van der Waals surface area contributed by atoms with Crippen molar-refractivity contribution in [2.45, 2.75) is 51.2 Å². The van der Waals surface area contributed by atoms with Crippen LogP contribution in [0.5, 0.6) is 0 Å². The zero-order valence-corrected chi connectivity index (χ0v) is 10.4. The minimum atomic E-state index is -5.91. The summed E-state index contributed by atoms with van der Waals surface area (Å²) in [6.45, 7) is 3.59. The highest BCUT2D eigenvalue weighted by molar-refractivity contribution is 5.71. The SMILES string of the molecule is CC(CC(O)(C(F)(F)F)C(F)(F)F)OC(=O)C(C)C. The van der Waals surface area contributed by atoms with Gasteiger partial charge in [-0.25, -0.2) is 0 Å². The van der Waals surface area contributed by atoms with Crippen molar-refractivity contribution in [2.75, 3.05) is 0 Å². The quantitative estimate of drug-likeness (QED) is 0.641. The summed E-state index contributed by atoms with van der Waals surface area (Å²) in [6, 6.07) is 0. The van der Waals surface area contributed by atoms with Crippen LogP contribution >= 0.6 is 0 Å². The van der Waals surface area contributed by atoms with E-state index in [4.69, 9.17) is 5.11 Å². The van der Waals surface area contributed by atoms with E-state index in [0.29, 0.717) is 0 Å². The van der Waals surface area contributed by atoms with Crippen molar-refractivity contribution in [3.05, 3.63) is 0 Å². The first-order valence-electron chi connectivity index (χ1n) is 5.28. The van der Waals surface area contributed by atoms with Crippen LogP contribution in [0.1, 0.15) is 27.2 Å². The van der Waals surface area contributed by atoms with Gasteiger partial charge in [-0.3, -0.25) is 4.79 Å². The molecule has 1 unspecified atom stereocenters. The van der Waals surface area contributed by atoms with Crippen LogP contribution in [0.3, 0.4) is 0 Å². The maximum absolute atomic E-state index is 12.3. The molecule has 0 saturated carbocycles. The van der Waals surface area contributed by atoms with Crippen LogP contribution in [-0.4, -0.2) is 35.1 Å². The molecular weight excluding hydrogens is 282 g/mol. The second-order valence-electron chi connectivity index (χ2n) is 4.46. The number of aliphatic hydroxyl groups is 1. The van der Waals surface area contributed by atoms with Gasteiger partial charge in [0.2, 0.25) is 0 Å². The fraction of sp³-hybridized carbons (Fsp3) is 0.900. The Balaban J connectivity index is 5.02. The molecule has 19 heavy (non-hydrogen) atoms. The summed E-state index contributed by atoms with van der Waals surface area (Å²) < 4.78 is 78.5. The van der Waals surface area contributed by atoms with Gasteiger partial charge >= 0.3 is 18.3 Å². The van der Waals surface area contributed by atoms with Crippen LogP contribution in [-0.2, 0) is 9.53 Å². The first-order valence-corrected chi connectivity index (χ1v) is 5.28. The molecule has 0 spiro atoms. The number of carbonyl (C=O) groups excluding carboxylic acids is 1. The number of hydrogen-bond donors (Lipinski definition) is 1. The molecule has 0 fully saturated rings. The zero-order valence-electron chi connectivity index (χ0n) is 10.4. The van der Waals surface area contributed by atoms with Gasteiger partial charge in [0.15, 0.2) is 0 Å². The smallest absolute Gasteiger partial charge is 0.426 e. The monoisotopic (exact) mass is 296 g/mol. The summed E-state index contributed by atoms with van der Waals surface area (Å²) in [5.74, 6) is -1.65. The first-order chi connectivity index (χ1) is 8.22. The van der Waals surface area contributed by atoms with E-state index >= 15 is 0 Å². The third-order valence-electron chi connectivity index (χ3n) is 2.31. The van der Waals surface area contributed by atoms with Crippen molar-refractivity contribution in [2.24, 2.45) is 5.92 Å². The first kappa shape index (κ1) is 18.0. The van der Waals surface area contributed by atoms with Crippen LogP contribution < -0.4 is 0 Å². The van der Waals surface area contributed by atoms with Gasteiger partial charge in [-0.2, -0.15) is 26.3 Å². The summed E-state index contributed by atoms with van der Waals surface area (Å²) in [7, 11) is 0. The molecule has 0 bridgehead atoms. The molecule has 0 aliphatic heterocycles. The van der Waals surface area contributed by atoms with Gasteiger partial charge in [0.25, 0.3) is 5.60 Å². The molecule has 0 aromatic rings.